The number of aromatic amines is 1. The molecule has 0 bridgehead atoms. The molecule has 2 aromatic rings. The predicted octanol–water partition coefficient (Wildman–Crippen LogP) is 1.79. The van der Waals surface area contributed by atoms with Gasteiger partial charge in [0.15, 0.2) is 0 Å². The third kappa shape index (κ3) is 2.67. The van der Waals surface area contributed by atoms with Gasteiger partial charge >= 0.3 is 0 Å². The Morgan fingerprint density at radius 1 is 1.19 bits per heavy atom. The molecular formula is C12H14FN3. The van der Waals surface area contributed by atoms with Gasteiger partial charge in [-0.3, -0.25) is 0 Å². The first-order valence-corrected chi connectivity index (χ1v) is 5.25. The van der Waals surface area contributed by atoms with E-state index in [1.165, 1.54) is 12.1 Å². The van der Waals surface area contributed by atoms with Crippen molar-refractivity contribution in [1.29, 1.82) is 0 Å². The smallest absolute Gasteiger partial charge is 0.123 e. The van der Waals surface area contributed by atoms with Crippen LogP contribution in [0.1, 0.15) is 17.1 Å². The third-order valence-corrected chi connectivity index (χ3v) is 2.47. The molecule has 0 amide bonds. The highest BCUT2D eigenvalue weighted by Gasteiger charge is 2.00. The number of aromatic nitrogens is 2. The number of aryl methyl sites for hydroxylation is 2. The quantitative estimate of drug-likeness (QED) is 0.823. The molecule has 0 aliphatic rings. The van der Waals surface area contributed by atoms with E-state index < -0.39 is 0 Å². The van der Waals surface area contributed by atoms with Crippen LogP contribution in [0.5, 0.6) is 0 Å². The minimum Gasteiger partial charge on any atom is -0.345 e. The van der Waals surface area contributed by atoms with Gasteiger partial charge in [-0.25, -0.2) is 9.37 Å². The Hall–Kier alpha value is -1.68. The van der Waals surface area contributed by atoms with Crippen molar-refractivity contribution in [2.75, 3.05) is 0 Å². The van der Waals surface area contributed by atoms with Gasteiger partial charge in [-0.05, 0) is 30.5 Å². The molecule has 0 atom stereocenters. The molecule has 0 saturated carbocycles. The Bertz CT molecular complexity index is 448. The molecule has 4 heteroatoms. The maximum absolute atomic E-state index is 12.7. The van der Waals surface area contributed by atoms with Crippen molar-refractivity contribution >= 4 is 0 Å². The number of benzene rings is 1. The van der Waals surface area contributed by atoms with E-state index >= 15 is 0 Å². The van der Waals surface area contributed by atoms with E-state index in [1.54, 1.807) is 18.3 Å². The molecule has 3 nitrogen and oxygen atoms in total. The number of imidazole rings is 1. The maximum atomic E-state index is 12.7. The largest absolute Gasteiger partial charge is 0.345 e. The van der Waals surface area contributed by atoms with Crippen LogP contribution < -0.4 is 5.73 Å². The summed E-state index contributed by atoms with van der Waals surface area (Å²) in [7, 11) is 0. The average molecular weight is 219 g/mol. The normalized spacial score (nSPS) is 10.6. The zero-order valence-corrected chi connectivity index (χ0v) is 8.91. The predicted molar refractivity (Wildman–Crippen MR) is 60.3 cm³/mol. The Kier molecular flexibility index (Phi) is 3.31. The second kappa shape index (κ2) is 4.90. The van der Waals surface area contributed by atoms with E-state index in [4.69, 9.17) is 5.73 Å². The summed E-state index contributed by atoms with van der Waals surface area (Å²) >= 11 is 0. The molecule has 16 heavy (non-hydrogen) atoms. The van der Waals surface area contributed by atoms with Gasteiger partial charge in [-0.1, -0.05) is 12.1 Å². The van der Waals surface area contributed by atoms with Crippen molar-refractivity contribution in [3.8, 4) is 0 Å². The topological polar surface area (TPSA) is 54.7 Å². The first kappa shape index (κ1) is 10.8. The van der Waals surface area contributed by atoms with Crippen molar-refractivity contribution in [3.63, 3.8) is 0 Å². The summed E-state index contributed by atoms with van der Waals surface area (Å²) in [5.41, 5.74) is 7.63. The van der Waals surface area contributed by atoms with Gasteiger partial charge < -0.3 is 10.7 Å². The second-order valence-electron chi connectivity index (χ2n) is 3.69. The fraction of sp³-hybridized carbons (Fsp3) is 0.250. The lowest BCUT2D eigenvalue weighted by atomic mass is 10.1. The first-order valence-electron chi connectivity index (χ1n) is 5.25. The first-order chi connectivity index (χ1) is 7.78. The Morgan fingerprint density at radius 2 is 1.94 bits per heavy atom. The van der Waals surface area contributed by atoms with Crippen LogP contribution in [0.4, 0.5) is 4.39 Å². The zero-order chi connectivity index (χ0) is 11.4. The zero-order valence-electron chi connectivity index (χ0n) is 8.91. The number of nitrogens with zero attached hydrogens (tertiary/aromatic N) is 1. The summed E-state index contributed by atoms with van der Waals surface area (Å²) in [6.45, 7) is 0.427. The highest BCUT2D eigenvalue weighted by Crippen LogP contribution is 2.07. The summed E-state index contributed by atoms with van der Waals surface area (Å²) in [4.78, 5) is 7.25. The summed E-state index contributed by atoms with van der Waals surface area (Å²) in [6, 6.07) is 6.56. The molecule has 0 saturated heterocycles. The van der Waals surface area contributed by atoms with E-state index in [0.717, 1.165) is 29.9 Å². The van der Waals surface area contributed by atoms with Gasteiger partial charge in [0.1, 0.15) is 11.6 Å². The van der Waals surface area contributed by atoms with Crippen LogP contribution in [0.15, 0.2) is 30.5 Å². The van der Waals surface area contributed by atoms with E-state index in [2.05, 4.69) is 9.97 Å². The van der Waals surface area contributed by atoms with Crippen molar-refractivity contribution in [2.45, 2.75) is 19.4 Å². The van der Waals surface area contributed by atoms with E-state index in [0.29, 0.717) is 6.54 Å². The fourth-order valence-electron chi connectivity index (χ4n) is 1.57. The van der Waals surface area contributed by atoms with Crippen LogP contribution in [0.3, 0.4) is 0 Å². The van der Waals surface area contributed by atoms with Crippen LogP contribution in [-0.2, 0) is 19.4 Å². The van der Waals surface area contributed by atoms with Crippen molar-refractivity contribution in [1.82, 2.24) is 9.97 Å². The fourth-order valence-corrected chi connectivity index (χ4v) is 1.57. The maximum Gasteiger partial charge on any atom is 0.123 e. The number of hydrogen-bond donors (Lipinski definition) is 2. The standard InChI is InChI=1S/C12H14FN3/c13-10-4-1-9(2-5-10)3-6-11-8-15-12(7-14)16-11/h1-2,4-5,8H,3,6-7,14H2,(H,15,16). The van der Waals surface area contributed by atoms with Crippen LogP contribution in [0.25, 0.3) is 0 Å². The van der Waals surface area contributed by atoms with Gasteiger partial charge in [-0.15, -0.1) is 0 Å². The number of halogens is 1. The molecule has 84 valence electrons. The minimum atomic E-state index is -0.198. The molecule has 0 aliphatic heterocycles. The van der Waals surface area contributed by atoms with Gasteiger partial charge in [-0.2, -0.15) is 0 Å². The lowest BCUT2D eigenvalue weighted by Gasteiger charge is -1.99. The highest BCUT2D eigenvalue weighted by atomic mass is 19.1. The molecule has 0 fully saturated rings. The minimum absolute atomic E-state index is 0.198. The number of H-pyrrole nitrogens is 1. The summed E-state index contributed by atoms with van der Waals surface area (Å²) in [6.07, 6.45) is 3.52. The Labute approximate surface area is 93.5 Å². The van der Waals surface area contributed by atoms with Crippen LogP contribution in [0.2, 0.25) is 0 Å². The number of rotatable bonds is 4. The van der Waals surface area contributed by atoms with Gasteiger partial charge in [0.25, 0.3) is 0 Å². The summed E-state index contributed by atoms with van der Waals surface area (Å²) in [5, 5.41) is 0. The lowest BCUT2D eigenvalue weighted by Crippen LogP contribution is -1.98. The Balaban J connectivity index is 1.94. The van der Waals surface area contributed by atoms with Gasteiger partial charge in [0.05, 0.1) is 6.54 Å². The van der Waals surface area contributed by atoms with Crippen LogP contribution in [-0.4, -0.2) is 9.97 Å². The monoisotopic (exact) mass is 219 g/mol. The molecule has 1 aromatic heterocycles. The molecule has 0 spiro atoms. The Morgan fingerprint density at radius 3 is 2.56 bits per heavy atom. The van der Waals surface area contributed by atoms with E-state index in [-0.39, 0.29) is 5.82 Å². The lowest BCUT2D eigenvalue weighted by molar-refractivity contribution is 0.627. The molecular weight excluding hydrogens is 205 g/mol. The number of nitrogens with one attached hydrogen (secondary N) is 1. The van der Waals surface area contributed by atoms with Gasteiger partial charge in [0, 0.05) is 11.9 Å². The number of nitrogens with two attached hydrogens (primary N) is 1. The summed E-state index contributed by atoms with van der Waals surface area (Å²) in [5.74, 6) is 0.602. The SMILES string of the molecule is NCc1ncc(CCc2ccc(F)cc2)[nH]1. The van der Waals surface area contributed by atoms with Crippen LogP contribution in [0, 0.1) is 5.82 Å². The molecule has 1 heterocycles. The molecule has 0 radical (unpaired) electrons. The summed E-state index contributed by atoms with van der Waals surface area (Å²) < 4.78 is 12.7. The molecule has 3 N–H and O–H groups in total. The van der Waals surface area contributed by atoms with Gasteiger partial charge in [0.2, 0.25) is 0 Å². The van der Waals surface area contributed by atoms with Crippen molar-refractivity contribution in [2.24, 2.45) is 5.73 Å². The van der Waals surface area contributed by atoms with Crippen molar-refractivity contribution < 1.29 is 4.39 Å². The molecule has 0 aliphatic carbocycles. The van der Waals surface area contributed by atoms with Crippen molar-refractivity contribution in [3.05, 3.63) is 53.4 Å². The highest BCUT2D eigenvalue weighted by molar-refractivity contribution is 5.17. The van der Waals surface area contributed by atoms with E-state index in [9.17, 15) is 4.39 Å². The van der Waals surface area contributed by atoms with E-state index in [1.807, 2.05) is 0 Å². The average Bonchev–Trinajstić information content (AvgIpc) is 2.76. The molecule has 2 rings (SSSR count). The third-order valence-electron chi connectivity index (χ3n) is 2.47. The molecule has 1 aromatic carbocycles. The van der Waals surface area contributed by atoms with Crippen LogP contribution >= 0.6 is 0 Å². The number of hydrogen-bond acceptors (Lipinski definition) is 2. The molecule has 0 unspecified atom stereocenters. The second-order valence-corrected chi connectivity index (χ2v) is 3.69.